The van der Waals surface area contributed by atoms with Crippen molar-refractivity contribution >= 4 is 23.5 Å². The van der Waals surface area contributed by atoms with Gasteiger partial charge in [-0.2, -0.15) is 10.1 Å². The van der Waals surface area contributed by atoms with Crippen LogP contribution in [-0.2, 0) is 9.59 Å². The predicted octanol–water partition coefficient (Wildman–Crippen LogP) is 3.55. The number of ether oxygens (including phenoxy) is 2. The SMILES string of the molecule is CCOc1cc(C2CC(=O)Nc3ncnn32)ccc1OCC(=O)Nc1c(C)cc(C)cc1C. The third kappa shape index (κ3) is 4.82. The molecule has 0 bridgehead atoms. The van der Waals surface area contributed by atoms with E-state index in [0.717, 1.165) is 27.9 Å². The van der Waals surface area contributed by atoms with Gasteiger partial charge in [0, 0.05) is 5.69 Å². The molecule has 0 radical (unpaired) electrons. The molecule has 2 heterocycles. The van der Waals surface area contributed by atoms with Gasteiger partial charge >= 0.3 is 0 Å². The quantitative estimate of drug-likeness (QED) is 0.571. The number of hydrogen-bond donors (Lipinski definition) is 2. The number of nitrogens with one attached hydrogen (secondary N) is 2. The van der Waals surface area contributed by atoms with Crippen LogP contribution in [0.1, 0.15) is 41.6 Å². The highest BCUT2D eigenvalue weighted by Crippen LogP contribution is 2.35. The van der Waals surface area contributed by atoms with Crippen LogP contribution in [0.4, 0.5) is 11.6 Å². The van der Waals surface area contributed by atoms with Crippen molar-refractivity contribution in [1.29, 1.82) is 0 Å². The van der Waals surface area contributed by atoms with Crippen molar-refractivity contribution in [2.45, 2.75) is 40.2 Å². The molecule has 9 nitrogen and oxygen atoms in total. The van der Waals surface area contributed by atoms with Gasteiger partial charge in [0.25, 0.3) is 5.91 Å². The Labute approximate surface area is 192 Å². The van der Waals surface area contributed by atoms with Crippen molar-refractivity contribution in [3.63, 3.8) is 0 Å². The highest BCUT2D eigenvalue weighted by atomic mass is 16.5. The fraction of sp³-hybridized carbons (Fsp3) is 0.333. The van der Waals surface area contributed by atoms with Crippen molar-refractivity contribution in [2.75, 3.05) is 23.8 Å². The Kier molecular flexibility index (Phi) is 6.30. The first-order chi connectivity index (χ1) is 15.9. The average molecular weight is 450 g/mol. The molecule has 0 aliphatic carbocycles. The summed E-state index contributed by atoms with van der Waals surface area (Å²) in [6.07, 6.45) is 1.64. The number of fused-ring (bicyclic) bond motifs is 1. The van der Waals surface area contributed by atoms with Crippen LogP contribution in [-0.4, -0.2) is 39.8 Å². The lowest BCUT2D eigenvalue weighted by atomic mass is 10.0. The minimum atomic E-state index is -0.305. The zero-order chi connectivity index (χ0) is 23.5. The van der Waals surface area contributed by atoms with E-state index in [2.05, 4.69) is 20.7 Å². The Morgan fingerprint density at radius 1 is 1.15 bits per heavy atom. The highest BCUT2D eigenvalue weighted by molar-refractivity contribution is 5.93. The second-order valence-electron chi connectivity index (χ2n) is 8.05. The normalized spacial score (nSPS) is 14.9. The van der Waals surface area contributed by atoms with Gasteiger partial charge in [-0.05, 0) is 56.5 Å². The van der Waals surface area contributed by atoms with Crippen LogP contribution in [0.3, 0.4) is 0 Å². The Bertz CT molecular complexity index is 1180. The summed E-state index contributed by atoms with van der Waals surface area (Å²) in [5.74, 6) is 0.975. The number of carbonyl (C=O) groups excluding carboxylic acids is 2. The largest absolute Gasteiger partial charge is 0.490 e. The molecule has 1 aliphatic heterocycles. The van der Waals surface area contributed by atoms with Gasteiger partial charge in [-0.1, -0.05) is 23.8 Å². The van der Waals surface area contributed by atoms with Crippen LogP contribution in [0.5, 0.6) is 11.5 Å². The van der Waals surface area contributed by atoms with Gasteiger partial charge in [-0.25, -0.2) is 4.68 Å². The molecule has 2 aromatic carbocycles. The fourth-order valence-electron chi connectivity index (χ4n) is 4.08. The zero-order valence-corrected chi connectivity index (χ0v) is 19.1. The molecular formula is C24H27N5O4. The number of aryl methyl sites for hydroxylation is 3. The molecule has 9 heteroatoms. The summed E-state index contributed by atoms with van der Waals surface area (Å²) in [6.45, 7) is 8.09. The monoisotopic (exact) mass is 449 g/mol. The summed E-state index contributed by atoms with van der Waals surface area (Å²) in [6, 6.07) is 9.17. The van der Waals surface area contributed by atoms with Crippen molar-refractivity contribution in [2.24, 2.45) is 0 Å². The fourth-order valence-corrected chi connectivity index (χ4v) is 4.08. The second kappa shape index (κ2) is 9.32. The highest BCUT2D eigenvalue weighted by Gasteiger charge is 2.28. The Hall–Kier alpha value is -3.88. The van der Waals surface area contributed by atoms with E-state index >= 15 is 0 Å². The van der Waals surface area contributed by atoms with E-state index in [-0.39, 0.29) is 30.9 Å². The number of benzene rings is 2. The van der Waals surface area contributed by atoms with E-state index in [1.54, 1.807) is 10.7 Å². The molecule has 2 N–H and O–H groups in total. The van der Waals surface area contributed by atoms with Crippen molar-refractivity contribution in [3.05, 3.63) is 58.9 Å². The molecule has 0 saturated heterocycles. The maximum atomic E-state index is 12.6. The standard InChI is InChI=1S/C24H27N5O4/c1-5-32-20-10-17(18-11-21(30)28-24-25-13-26-29(18)24)6-7-19(20)33-12-22(31)27-23-15(3)8-14(2)9-16(23)4/h6-10,13,18H,5,11-12H2,1-4H3,(H,27,31)(H,25,26,28,30). The number of aromatic nitrogens is 3. The Morgan fingerprint density at radius 3 is 2.64 bits per heavy atom. The first-order valence-corrected chi connectivity index (χ1v) is 10.8. The van der Waals surface area contributed by atoms with Gasteiger partial charge in [0.05, 0.1) is 19.1 Å². The van der Waals surface area contributed by atoms with E-state index in [1.807, 2.05) is 52.0 Å². The lowest BCUT2D eigenvalue weighted by Crippen LogP contribution is -2.29. The van der Waals surface area contributed by atoms with Crippen molar-refractivity contribution in [3.8, 4) is 11.5 Å². The van der Waals surface area contributed by atoms with Crippen molar-refractivity contribution < 1.29 is 19.1 Å². The molecule has 33 heavy (non-hydrogen) atoms. The molecule has 1 atom stereocenters. The summed E-state index contributed by atoms with van der Waals surface area (Å²) < 4.78 is 13.2. The van der Waals surface area contributed by atoms with Crippen LogP contribution in [0, 0.1) is 20.8 Å². The van der Waals surface area contributed by atoms with Crippen LogP contribution in [0.15, 0.2) is 36.7 Å². The topological polar surface area (TPSA) is 107 Å². The van der Waals surface area contributed by atoms with Gasteiger partial charge in [-0.3, -0.25) is 14.9 Å². The van der Waals surface area contributed by atoms with Gasteiger partial charge < -0.3 is 14.8 Å². The summed E-state index contributed by atoms with van der Waals surface area (Å²) in [5, 5.41) is 9.87. The number of hydrogen-bond acceptors (Lipinski definition) is 6. The number of nitrogens with zero attached hydrogens (tertiary/aromatic N) is 3. The minimum absolute atomic E-state index is 0.128. The van der Waals surface area contributed by atoms with Crippen LogP contribution >= 0.6 is 0 Å². The minimum Gasteiger partial charge on any atom is -0.490 e. The molecule has 0 saturated carbocycles. The lowest BCUT2D eigenvalue weighted by Gasteiger charge is -2.24. The van der Waals surface area contributed by atoms with Crippen LogP contribution in [0.2, 0.25) is 0 Å². The molecule has 172 valence electrons. The van der Waals surface area contributed by atoms with Gasteiger partial charge in [0.1, 0.15) is 6.33 Å². The number of rotatable bonds is 7. The van der Waals surface area contributed by atoms with E-state index < -0.39 is 0 Å². The van der Waals surface area contributed by atoms with E-state index in [0.29, 0.717) is 24.1 Å². The first-order valence-electron chi connectivity index (χ1n) is 10.8. The molecule has 0 fully saturated rings. The van der Waals surface area contributed by atoms with Gasteiger partial charge in [0.15, 0.2) is 18.1 Å². The predicted molar refractivity (Wildman–Crippen MR) is 124 cm³/mol. The third-order valence-corrected chi connectivity index (χ3v) is 5.45. The number of anilines is 2. The van der Waals surface area contributed by atoms with Crippen LogP contribution in [0.25, 0.3) is 0 Å². The second-order valence-corrected chi connectivity index (χ2v) is 8.05. The molecule has 1 aliphatic rings. The third-order valence-electron chi connectivity index (χ3n) is 5.45. The Balaban J connectivity index is 1.50. The molecule has 2 amide bonds. The average Bonchev–Trinajstić information content (AvgIpc) is 3.23. The molecule has 1 unspecified atom stereocenters. The van der Waals surface area contributed by atoms with E-state index in [4.69, 9.17) is 9.47 Å². The van der Waals surface area contributed by atoms with E-state index in [9.17, 15) is 9.59 Å². The Morgan fingerprint density at radius 2 is 1.91 bits per heavy atom. The van der Waals surface area contributed by atoms with Crippen LogP contribution < -0.4 is 20.1 Å². The number of amides is 2. The summed E-state index contributed by atoms with van der Waals surface area (Å²) in [4.78, 5) is 28.7. The molecule has 0 spiro atoms. The lowest BCUT2D eigenvalue weighted by molar-refractivity contribution is -0.118. The maximum absolute atomic E-state index is 12.6. The molecule has 1 aromatic heterocycles. The number of carbonyl (C=O) groups is 2. The van der Waals surface area contributed by atoms with Gasteiger partial charge in [-0.15, -0.1) is 0 Å². The summed E-state index contributed by atoms with van der Waals surface area (Å²) >= 11 is 0. The molecule has 4 rings (SSSR count). The van der Waals surface area contributed by atoms with Gasteiger partial charge in [0.2, 0.25) is 11.9 Å². The summed E-state index contributed by atoms with van der Waals surface area (Å²) in [7, 11) is 0. The first kappa shape index (κ1) is 22.3. The summed E-state index contributed by atoms with van der Waals surface area (Å²) in [5.41, 5.74) is 4.79. The smallest absolute Gasteiger partial charge is 0.262 e. The molecule has 3 aromatic rings. The maximum Gasteiger partial charge on any atom is 0.262 e. The van der Waals surface area contributed by atoms with Crippen molar-refractivity contribution in [1.82, 2.24) is 14.8 Å². The van der Waals surface area contributed by atoms with E-state index in [1.165, 1.54) is 6.33 Å². The zero-order valence-electron chi connectivity index (χ0n) is 19.1. The molecular weight excluding hydrogens is 422 g/mol.